The van der Waals surface area contributed by atoms with Gasteiger partial charge in [-0.3, -0.25) is 4.79 Å². The average Bonchev–Trinajstić information content (AvgIpc) is 2.51. The van der Waals surface area contributed by atoms with E-state index in [1.807, 2.05) is 12.1 Å². The average molecular weight is 246 g/mol. The molecule has 18 heavy (non-hydrogen) atoms. The van der Waals surface area contributed by atoms with Gasteiger partial charge >= 0.3 is 0 Å². The Balaban J connectivity index is 2.16. The molecule has 1 aromatic rings. The Morgan fingerprint density at radius 1 is 1.22 bits per heavy atom. The van der Waals surface area contributed by atoms with E-state index in [2.05, 4.69) is 36.2 Å². The fraction of sp³-hybridized carbons (Fsp3) is 0.533. The maximum atomic E-state index is 11.3. The second-order valence-electron chi connectivity index (χ2n) is 5.42. The van der Waals surface area contributed by atoms with Crippen LogP contribution in [0.1, 0.15) is 31.1 Å². The van der Waals surface area contributed by atoms with Crippen LogP contribution in [0.5, 0.6) is 0 Å². The van der Waals surface area contributed by atoms with Crippen molar-refractivity contribution in [3.05, 3.63) is 29.8 Å². The van der Waals surface area contributed by atoms with Gasteiger partial charge in [0, 0.05) is 30.4 Å². The van der Waals surface area contributed by atoms with Crippen molar-refractivity contribution in [2.75, 3.05) is 24.5 Å². The van der Waals surface area contributed by atoms with Gasteiger partial charge in [0.2, 0.25) is 0 Å². The van der Waals surface area contributed by atoms with E-state index in [1.54, 1.807) is 6.92 Å². The smallest absolute Gasteiger partial charge is 0.159 e. The summed E-state index contributed by atoms with van der Waals surface area (Å²) < 4.78 is 0. The summed E-state index contributed by atoms with van der Waals surface area (Å²) >= 11 is 0. The number of anilines is 1. The van der Waals surface area contributed by atoms with Crippen LogP contribution < -0.4 is 10.2 Å². The molecule has 1 fully saturated rings. The van der Waals surface area contributed by atoms with E-state index in [1.165, 1.54) is 5.69 Å². The van der Waals surface area contributed by atoms with Crippen molar-refractivity contribution in [3.63, 3.8) is 0 Å². The van der Waals surface area contributed by atoms with Crippen LogP contribution in [0.2, 0.25) is 0 Å². The summed E-state index contributed by atoms with van der Waals surface area (Å²) in [4.78, 5) is 13.7. The van der Waals surface area contributed by atoms with Crippen LogP contribution in [-0.4, -0.2) is 31.5 Å². The lowest BCUT2D eigenvalue weighted by atomic mass is 10.1. The summed E-state index contributed by atoms with van der Waals surface area (Å²) in [5.74, 6) is 0.767. The minimum Gasteiger partial charge on any atom is -0.370 e. The topological polar surface area (TPSA) is 32.3 Å². The lowest BCUT2D eigenvalue weighted by Crippen LogP contribution is -2.35. The zero-order valence-electron chi connectivity index (χ0n) is 11.4. The van der Waals surface area contributed by atoms with E-state index in [-0.39, 0.29) is 5.78 Å². The van der Waals surface area contributed by atoms with E-state index in [0.29, 0.717) is 12.0 Å². The van der Waals surface area contributed by atoms with Crippen molar-refractivity contribution in [1.29, 1.82) is 0 Å². The molecule has 0 bridgehead atoms. The van der Waals surface area contributed by atoms with Crippen molar-refractivity contribution in [2.24, 2.45) is 5.92 Å². The fourth-order valence-corrected chi connectivity index (χ4v) is 2.43. The van der Waals surface area contributed by atoms with Gasteiger partial charge in [-0.2, -0.15) is 0 Å². The van der Waals surface area contributed by atoms with Gasteiger partial charge in [0.05, 0.1) is 0 Å². The molecule has 0 spiro atoms. The Hall–Kier alpha value is -1.35. The molecular formula is C15H22N2O. The number of carbonyl (C=O) groups is 1. The molecule has 1 aliphatic rings. The quantitative estimate of drug-likeness (QED) is 0.813. The van der Waals surface area contributed by atoms with Crippen LogP contribution in [-0.2, 0) is 0 Å². The number of rotatable bonds is 2. The molecule has 3 nitrogen and oxygen atoms in total. The van der Waals surface area contributed by atoms with E-state index in [4.69, 9.17) is 0 Å². The van der Waals surface area contributed by atoms with Crippen LogP contribution in [0.25, 0.3) is 0 Å². The first-order valence-corrected chi connectivity index (χ1v) is 6.65. The number of nitrogens with one attached hydrogen (secondary N) is 1. The molecule has 2 unspecified atom stereocenters. The molecule has 3 heteroatoms. The van der Waals surface area contributed by atoms with E-state index in [0.717, 1.165) is 25.2 Å². The molecule has 1 N–H and O–H groups in total. The Morgan fingerprint density at radius 3 is 2.50 bits per heavy atom. The fourth-order valence-electron chi connectivity index (χ4n) is 2.43. The highest BCUT2D eigenvalue weighted by atomic mass is 16.1. The second kappa shape index (κ2) is 5.53. The number of ketones is 1. The number of nitrogens with zero attached hydrogens (tertiary/aromatic N) is 1. The van der Waals surface area contributed by atoms with Crippen molar-refractivity contribution in [2.45, 2.75) is 26.8 Å². The third kappa shape index (κ3) is 3.10. The summed E-state index contributed by atoms with van der Waals surface area (Å²) in [6.45, 7) is 9.25. The maximum Gasteiger partial charge on any atom is 0.159 e. The van der Waals surface area contributed by atoms with Gasteiger partial charge in [-0.1, -0.05) is 6.92 Å². The molecule has 1 heterocycles. The summed E-state index contributed by atoms with van der Waals surface area (Å²) in [6, 6.07) is 8.46. The molecule has 1 saturated heterocycles. The van der Waals surface area contributed by atoms with Gasteiger partial charge < -0.3 is 10.2 Å². The maximum absolute atomic E-state index is 11.3. The van der Waals surface area contributed by atoms with Crippen LogP contribution in [0, 0.1) is 5.92 Å². The molecule has 0 radical (unpaired) electrons. The molecular weight excluding hydrogens is 224 g/mol. The molecule has 0 amide bonds. The number of benzene rings is 1. The molecule has 98 valence electrons. The summed E-state index contributed by atoms with van der Waals surface area (Å²) in [5, 5.41) is 3.53. The third-order valence-electron chi connectivity index (χ3n) is 3.48. The molecule has 0 saturated carbocycles. The van der Waals surface area contributed by atoms with E-state index < -0.39 is 0 Å². The molecule has 1 aromatic carbocycles. The van der Waals surface area contributed by atoms with E-state index in [9.17, 15) is 4.79 Å². The van der Waals surface area contributed by atoms with Crippen molar-refractivity contribution in [1.82, 2.24) is 5.32 Å². The standard InChI is InChI=1S/C15H22N2O/c1-11-8-16-12(2)10-17(9-11)15-6-4-14(5-7-15)13(3)18/h4-7,11-12,16H,8-10H2,1-3H3. The zero-order valence-corrected chi connectivity index (χ0v) is 11.4. The molecule has 0 aromatic heterocycles. The first-order chi connectivity index (χ1) is 8.56. The summed E-state index contributed by atoms with van der Waals surface area (Å²) in [7, 11) is 0. The van der Waals surface area contributed by atoms with Crippen LogP contribution >= 0.6 is 0 Å². The monoisotopic (exact) mass is 246 g/mol. The summed E-state index contributed by atoms with van der Waals surface area (Å²) in [6.07, 6.45) is 0. The molecule has 0 aliphatic carbocycles. The predicted molar refractivity (Wildman–Crippen MR) is 75.3 cm³/mol. The minimum absolute atomic E-state index is 0.126. The van der Waals surface area contributed by atoms with Crippen molar-refractivity contribution >= 4 is 11.5 Å². The minimum atomic E-state index is 0.126. The van der Waals surface area contributed by atoms with Crippen molar-refractivity contribution in [3.8, 4) is 0 Å². The zero-order chi connectivity index (χ0) is 13.1. The predicted octanol–water partition coefficient (Wildman–Crippen LogP) is 2.32. The molecule has 1 aliphatic heterocycles. The Kier molecular flexibility index (Phi) is 4.02. The van der Waals surface area contributed by atoms with Gasteiger partial charge in [0.1, 0.15) is 0 Å². The van der Waals surface area contributed by atoms with Crippen LogP contribution in [0.4, 0.5) is 5.69 Å². The highest BCUT2D eigenvalue weighted by molar-refractivity contribution is 5.94. The van der Waals surface area contributed by atoms with Gasteiger partial charge in [-0.25, -0.2) is 0 Å². The number of hydrogen-bond donors (Lipinski definition) is 1. The van der Waals surface area contributed by atoms with Gasteiger partial charge in [0.15, 0.2) is 5.78 Å². The Morgan fingerprint density at radius 2 is 1.89 bits per heavy atom. The van der Waals surface area contributed by atoms with E-state index >= 15 is 0 Å². The van der Waals surface area contributed by atoms with Crippen LogP contribution in [0.15, 0.2) is 24.3 Å². The van der Waals surface area contributed by atoms with Gasteiger partial charge in [0.25, 0.3) is 0 Å². The largest absolute Gasteiger partial charge is 0.370 e. The van der Waals surface area contributed by atoms with Crippen molar-refractivity contribution < 1.29 is 4.79 Å². The first kappa shape index (κ1) is 13.1. The number of Topliss-reactive ketones (excluding diaryl/α,β-unsaturated/α-hetero) is 1. The SMILES string of the molecule is CC(=O)c1ccc(N2CC(C)CNC(C)C2)cc1. The van der Waals surface area contributed by atoms with Gasteiger partial charge in [-0.05, 0) is 50.6 Å². The second-order valence-corrected chi connectivity index (χ2v) is 5.42. The van der Waals surface area contributed by atoms with Crippen LogP contribution in [0.3, 0.4) is 0 Å². The molecule has 2 atom stereocenters. The summed E-state index contributed by atoms with van der Waals surface area (Å²) in [5.41, 5.74) is 2.00. The lowest BCUT2D eigenvalue weighted by Gasteiger charge is -2.26. The molecule has 2 rings (SSSR count). The third-order valence-corrected chi connectivity index (χ3v) is 3.48. The highest BCUT2D eigenvalue weighted by Gasteiger charge is 2.18. The Labute approximate surface area is 109 Å². The number of carbonyl (C=O) groups excluding carboxylic acids is 1. The Bertz CT molecular complexity index is 401. The number of hydrogen-bond acceptors (Lipinski definition) is 3. The highest BCUT2D eigenvalue weighted by Crippen LogP contribution is 2.19. The lowest BCUT2D eigenvalue weighted by molar-refractivity contribution is 0.101. The van der Waals surface area contributed by atoms with Gasteiger partial charge in [-0.15, -0.1) is 0 Å². The first-order valence-electron chi connectivity index (χ1n) is 6.65. The normalized spacial score (nSPS) is 24.7.